The second-order valence-corrected chi connectivity index (χ2v) is 5.44. The topological polar surface area (TPSA) is 40.5 Å². The first-order valence-electron chi connectivity index (χ1n) is 7.01. The molecule has 1 unspecified atom stereocenters. The van der Waals surface area contributed by atoms with Gasteiger partial charge in [-0.3, -0.25) is 0 Å². The molecule has 1 heterocycles. The number of carboxylic acid groups (broad SMARTS) is 1. The molecule has 1 aromatic rings. The van der Waals surface area contributed by atoms with E-state index in [0.29, 0.717) is 11.5 Å². The van der Waals surface area contributed by atoms with Crippen LogP contribution in [0.15, 0.2) is 24.3 Å². The lowest BCUT2D eigenvalue weighted by atomic mass is 10.0. The number of halogens is 1. The number of rotatable bonds is 3. The van der Waals surface area contributed by atoms with Gasteiger partial charge in [-0.15, -0.1) is 0 Å². The maximum absolute atomic E-state index is 13.7. The van der Waals surface area contributed by atoms with E-state index in [-0.39, 0.29) is 5.82 Å². The van der Waals surface area contributed by atoms with Crippen LogP contribution in [0, 0.1) is 11.7 Å². The first-order chi connectivity index (χ1) is 9.54. The van der Waals surface area contributed by atoms with Crippen molar-refractivity contribution in [3.8, 4) is 0 Å². The van der Waals surface area contributed by atoms with Crippen molar-refractivity contribution in [3.63, 3.8) is 0 Å². The predicted octanol–water partition coefficient (Wildman–Crippen LogP) is 3.55. The van der Waals surface area contributed by atoms with E-state index in [2.05, 4.69) is 11.8 Å². The number of anilines is 1. The lowest BCUT2D eigenvalue weighted by molar-refractivity contribution is -0.131. The zero-order chi connectivity index (χ0) is 14.5. The number of hydrogen-bond acceptors (Lipinski definition) is 2. The van der Waals surface area contributed by atoms with Crippen LogP contribution in [0.4, 0.5) is 10.1 Å². The summed E-state index contributed by atoms with van der Waals surface area (Å²) in [5, 5.41) is 8.64. The van der Waals surface area contributed by atoms with E-state index in [9.17, 15) is 9.18 Å². The van der Waals surface area contributed by atoms with Gasteiger partial charge in [-0.1, -0.05) is 6.92 Å². The molecule has 1 aromatic carbocycles. The van der Waals surface area contributed by atoms with Crippen LogP contribution in [0.1, 0.15) is 31.7 Å². The van der Waals surface area contributed by atoms with Gasteiger partial charge in [0.2, 0.25) is 0 Å². The van der Waals surface area contributed by atoms with Crippen molar-refractivity contribution in [1.82, 2.24) is 0 Å². The van der Waals surface area contributed by atoms with Crippen LogP contribution in [0.2, 0.25) is 0 Å². The van der Waals surface area contributed by atoms with Gasteiger partial charge < -0.3 is 10.0 Å². The van der Waals surface area contributed by atoms with Crippen molar-refractivity contribution in [2.24, 2.45) is 5.92 Å². The highest BCUT2D eigenvalue weighted by atomic mass is 19.1. The molecule has 0 amide bonds. The summed E-state index contributed by atoms with van der Waals surface area (Å²) in [5.41, 5.74) is 1.42. The Morgan fingerprint density at radius 3 is 2.90 bits per heavy atom. The summed E-state index contributed by atoms with van der Waals surface area (Å²) < 4.78 is 13.7. The van der Waals surface area contributed by atoms with Gasteiger partial charge >= 0.3 is 5.97 Å². The number of hydrogen-bond donors (Lipinski definition) is 1. The molecule has 0 radical (unpaired) electrons. The average Bonchev–Trinajstić information content (AvgIpc) is 2.60. The summed E-state index contributed by atoms with van der Waals surface area (Å²) in [6, 6.07) is 4.72. The molecule has 1 N–H and O–H groups in total. The first-order valence-corrected chi connectivity index (χ1v) is 7.01. The Labute approximate surface area is 118 Å². The van der Waals surface area contributed by atoms with E-state index in [4.69, 9.17) is 5.11 Å². The highest BCUT2D eigenvalue weighted by molar-refractivity contribution is 5.85. The standard InChI is InChI=1S/C16H20FNO2/c1-12-3-2-7-18(8-6-12)15-10-13(4-5-16(19)20)9-14(17)11-15/h4-5,9-12H,2-3,6-8H2,1H3,(H,19,20)/b5-4+. The normalized spacial score (nSPS) is 20.1. The highest BCUT2D eigenvalue weighted by Gasteiger charge is 2.15. The number of benzene rings is 1. The van der Waals surface area contributed by atoms with Crippen molar-refractivity contribution >= 4 is 17.7 Å². The second-order valence-electron chi connectivity index (χ2n) is 5.44. The SMILES string of the molecule is CC1CCCN(c2cc(F)cc(/C=C/C(=O)O)c2)CC1. The van der Waals surface area contributed by atoms with Crippen molar-refractivity contribution in [1.29, 1.82) is 0 Å². The minimum atomic E-state index is -1.03. The third kappa shape index (κ3) is 4.08. The molecular formula is C16H20FNO2. The molecule has 108 valence electrons. The molecule has 0 spiro atoms. The molecule has 20 heavy (non-hydrogen) atoms. The van der Waals surface area contributed by atoms with E-state index < -0.39 is 5.97 Å². The van der Waals surface area contributed by atoms with E-state index >= 15 is 0 Å². The third-order valence-corrected chi connectivity index (χ3v) is 3.71. The summed E-state index contributed by atoms with van der Waals surface area (Å²) in [6.45, 7) is 4.10. The molecule has 4 heteroatoms. The lowest BCUT2D eigenvalue weighted by Gasteiger charge is -2.23. The predicted molar refractivity (Wildman–Crippen MR) is 78.3 cm³/mol. The number of carbonyl (C=O) groups is 1. The Hall–Kier alpha value is -1.84. The molecule has 0 saturated carbocycles. The van der Waals surface area contributed by atoms with E-state index in [0.717, 1.165) is 37.7 Å². The van der Waals surface area contributed by atoms with Gasteiger partial charge in [0.1, 0.15) is 5.82 Å². The van der Waals surface area contributed by atoms with Crippen LogP contribution in [0.5, 0.6) is 0 Å². The molecule has 3 nitrogen and oxygen atoms in total. The lowest BCUT2D eigenvalue weighted by Crippen LogP contribution is -2.24. The van der Waals surface area contributed by atoms with Crippen LogP contribution in [-0.4, -0.2) is 24.2 Å². The largest absolute Gasteiger partial charge is 0.478 e. The van der Waals surface area contributed by atoms with Crippen molar-refractivity contribution in [3.05, 3.63) is 35.7 Å². The summed E-state index contributed by atoms with van der Waals surface area (Å²) in [7, 11) is 0. The van der Waals surface area contributed by atoms with E-state index in [1.54, 1.807) is 0 Å². The molecule has 1 aliphatic heterocycles. The summed E-state index contributed by atoms with van der Waals surface area (Å²) in [6.07, 6.45) is 5.88. The third-order valence-electron chi connectivity index (χ3n) is 3.71. The van der Waals surface area contributed by atoms with E-state index in [1.165, 1.54) is 24.6 Å². The Kier molecular flexibility index (Phi) is 4.77. The van der Waals surface area contributed by atoms with Gasteiger partial charge in [-0.2, -0.15) is 0 Å². The fourth-order valence-corrected chi connectivity index (χ4v) is 2.56. The molecule has 1 fully saturated rings. The van der Waals surface area contributed by atoms with Crippen LogP contribution in [0.25, 0.3) is 6.08 Å². The van der Waals surface area contributed by atoms with Crippen molar-refractivity contribution < 1.29 is 14.3 Å². The van der Waals surface area contributed by atoms with Gasteiger partial charge in [0.05, 0.1) is 0 Å². The molecule has 1 aliphatic rings. The maximum Gasteiger partial charge on any atom is 0.328 e. The van der Waals surface area contributed by atoms with E-state index in [1.807, 2.05) is 6.07 Å². The number of aliphatic carboxylic acids is 1. The Bertz CT molecular complexity index is 513. The molecule has 1 saturated heterocycles. The Morgan fingerprint density at radius 1 is 1.35 bits per heavy atom. The van der Waals surface area contributed by atoms with Crippen molar-refractivity contribution in [2.45, 2.75) is 26.2 Å². The smallest absolute Gasteiger partial charge is 0.328 e. The first kappa shape index (κ1) is 14.6. The van der Waals surface area contributed by atoms with Gasteiger partial charge in [0, 0.05) is 24.9 Å². The monoisotopic (exact) mass is 277 g/mol. The molecule has 0 aliphatic carbocycles. The summed E-state index contributed by atoms with van der Waals surface area (Å²) in [4.78, 5) is 12.7. The zero-order valence-electron chi connectivity index (χ0n) is 11.7. The van der Waals surface area contributed by atoms with Crippen LogP contribution < -0.4 is 4.90 Å². The van der Waals surface area contributed by atoms with Crippen LogP contribution >= 0.6 is 0 Å². The second kappa shape index (κ2) is 6.55. The fraction of sp³-hybridized carbons (Fsp3) is 0.438. The Morgan fingerprint density at radius 2 is 2.15 bits per heavy atom. The molecular weight excluding hydrogens is 257 g/mol. The molecule has 1 atom stereocenters. The van der Waals surface area contributed by atoms with Gasteiger partial charge in [-0.05, 0) is 55.0 Å². The Balaban J connectivity index is 2.20. The minimum Gasteiger partial charge on any atom is -0.478 e. The molecule has 0 aromatic heterocycles. The van der Waals surface area contributed by atoms with Crippen molar-refractivity contribution in [2.75, 3.05) is 18.0 Å². The highest BCUT2D eigenvalue weighted by Crippen LogP contribution is 2.24. The molecule has 0 bridgehead atoms. The quantitative estimate of drug-likeness (QED) is 0.859. The number of nitrogens with zero attached hydrogens (tertiary/aromatic N) is 1. The van der Waals surface area contributed by atoms with Gasteiger partial charge in [0.15, 0.2) is 0 Å². The fourth-order valence-electron chi connectivity index (χ4n) is 2.56. The van der Waals surface area contributed by atoms with Crippen LogP contribution in [0.3, 0.4) is 0 Å². The minimum absolute atomic E-state index is 0.329. The maximum atomic E-state index is 13.7. The molecule has 2 rings (SSSR count). The zero-order valence-corrected chi connectivity index (χ0v) is 11.7. The van der Waals surface area contributed by atoms with Gasteiger partial charge in [0.25, 0.3) is 0 Å². The number of carboxylic acids is 1. The average molecular weight is 277 g/mol. The van der Waals surface area contributed by atoms with Crippen LogP contribution in [-0.2, 0) is 4.79 Å². The summed E-state index contributed by atoms with van der Waals surface area (Å²) in [5.74, 6) is -0.649. The van der Waals surface area contributed by atoms with Gasteiger partial charge in [-0.25, -0.2) is 9.18 Å². The summed E-state index contributed by atoms with van der Waals surface area (Å²) >= 11 is 0.